The van der Waals surface area contributed by atoms with Gasteiger partial charge in [0.1, 0.15) is 0 Å². The van der Waals surface area contributed by atoms with Gasteiger partial charge in [0.2, 0.25) is 0 Å². The monoisotopic (exact) mass is 261 g/mol. The van der Waals surface area contributed by atoms with E-state index in [9.17, 15) is 4.79 Å². The van der Waals surface area contributed by atoms with Gasteiger partial charge in [-0.05, 0) is 41.7 Å². The van der Waals surface area contributed by atoms with Crippen LogP contribution < -0.4 is 5.73 Å². The molecule has 3 heteroatoms. The summed E-state index contributed by atoms with van der Waals surface area (Å²) in [6.07, 6.45) is 1.94. The van der Waals surface area contributed by atoms with E-state index < -0.39 is 5.97 Å². The summed E-state index contributed by atoms with van der Waals surface area (Å²) in [7, 11) is 0. The van der Waals surface area contributed by atoms with E-state index in [4.69, 9.17) is 10.8 Å². The summed E-state index contributed by atoms with van der Waals surface area (Å²) >= 11 is 0. The van der Waals surface area contributed by atoms with Crippen LogP contribution in [0.4, 0.5) is 0 Å². The molecule has 19 heavy (non-hydrogen) atoms. The second kappa shape index (κ2) is 4.97. The average molecular weight is 261 g/mol. The van der Waals surface area contributed by atoms with Crippen molar-refractivity contribution in [2.24, 2.45) is 17.1 Å². The number of carbonyl (C=O) groups is 1. The van der Waals surface area contributed by atoms with E-state index in [2.05, 4.69) is 38.1 Å². The average Bonchev–Trinajstić information content (AvgIpc) is 2.33. The second-order valence-electron chi connectivity index (χ2n) is 6.31. The molecule has 0 aliphatic heterocycles. The number of carboxylic acid groups (broad SMARTS) is 1. The van der Waals surface area contributed by atoms with Gasteiger partial charge in [0.25, 0.3) is 0 Å². The summed E-state index contributed by atoms with van der Waals surface area (Å²) < 4.78 is 0. The Morgan fingerprint density at radius 1 is 1.32 bits per heavy atom. The number of hydrogen-bond donors (Lipinski definition) is 2. The molecular weight excluding hydrogens is 238 g/mol. The fourth-order valence-electron chi connectivity index (χ4n) is 3.66. The van der Waals surface area contributed by atoms with Crippen LogP contribution in [-0.2, 0) is 10.2 Å². The summed E-state index contributed by atoms with van der Waals surface area (Å²) in [4.78, 5) is 11.0. The standard InChI is InChI=1S/C16H23NO2/c1-12(2)16(13-6-4-3-5-7-13)9-15(10-16,11-17)8-14(18)19/h3-7,12H,8-11,17H2,1-2H3,(H,18,19)/t15-,16+. The Labute approximate surface area is 114 Å². The summed E-state index contributed by atoms with van der Waals surface area (Å²) in [5.74, 6) is -0.251. The van der Waals surface area contributed by atoms with Crippen molar-refractivity contribution in [3.63, 3.8) is 0 Å². The second-order valence-corrected chi connectivity index (χ2v) is 6.31. The van der Waals surface area contributed by atoms with E-state index in [1.807, 2.05) is 6.07 Å². The summed E-state index contributed by atoms with van der Waals surface area (Å²) in [6, 6.07) is 10.4. The zero-order valence-electron chi connectivity index (χ0n) is 11.7. The quantitative estimate of drug-likeness (QED) is 0.856. The van der Waals surface area contributed by atoms with Crippen molar-refractivity contribution in [2.45, 2.75) is 38.5 Å². The van der Waals surface area contributed by atoms with E-state index in [0.29, 0.717) is 12.5 Å². The SMILES string of the molecule is CC(C)[C@]1(c2ccccc2)C[C@](CN)(CC(=O)O)C1. The van der Waals surface area contributed by atoms with Crippen LogP contribution in [0.2, 0.25) is 0 Å². The third-order valence-electron chi connectivity index (χ3n) is 4.79. The van der Waals surface area contributed by atoms with E-state index >= 15 is 0 Å². The zero-order chi connectivity index (χ0) is 14.1. The summed E-state index contributed by atoms with van der Waals surface area (Å²) in [6.45, 7) is 4.89. The number of nitrogens with two attached hydrogens (primary N) is 1. The molecular formula is C16H23NO2. The van der Waals surface area contributed by atoms with Crippen molar-refractivity contribution < 1.29 is 9.90 Å². The molecule has 0 radical (unpaired) electrons. The van der Waals surface area contributed by atoms with Crippen LogP contribution in [-0.4, -0.2) is 17.6 Å². The van der Waals surface area contributed by atoms with Crippen LogP contribution in [0, 0.1) is 11.3 Å². The Kier molecular flexibility index (Phi) is 3.68. The highest BCUT2D eigenvalue weighted by atomic mass is 16.4. The lowest BCUT2D eigenvalue weighted by Crippen LogP contribution is -2.56. The number of rotatable bonds is 5. The molecule has 1 fully saturated rings. The molecule has 1 aliphatic rings. The Morgan fingerprint density at radius 2 is 1.89 bits per heavy atom. The van der Waals surface area contributed by atoms with Gasteiger partial charge in [0.05, 0.1) is 6.42 Å². The Bertz CT molecular complexity index is 447. The van der Waals surface area contributed by atoms with Gasteiger partial charge in [0.15, 0.2) is 0 Å². The largest absolute Gasteiger partial charge is 0.481 e. The minimum absolute atomic E-state index is 0.0933. The highest BCUT2D eigenvalue weighted by Crippen LogP contribution is 2.60. The van der Waals surface area contributed by atoms with Crippen LogP contribution in [0.1, 0.15) is 38.7 Å². The summed E-state index contributed by atoms with van der Waals surface area (Å²) in [5.41, 5.74) is 7.05. The molecule has 104 valence electrons. The maximum atomic E-state index is 11.0. The van der Waals surface area contributed by atoms with Gasteiger partial charge in [-0.2, -0.15) is 0 Å². The fourth-order valence-corrected chi connectivity index (χ4v) is 3.66. The Hall–Kier alpha value is -1.35. The van der Waals surface area contributed by atoms with Crippen molar-refractivity contribution in [3.05, 3.63) is 35.9 Å². The van der Waals surface area contributed by atoms with E-state index in [1.54, 1.807) is 0 Å². The number of carboxylic acids is 1. The predicted molar refractivity (Wildman–Crippen MR) is 75.9 cm³/mol. The third-order valence-corrected chi connectivity index (χ3v) is 4.79. The van der Waals surface area contributed by atoms with Crippen LogP contribution >= 0.6 is 0 Å². The molecule has 0 amide bonds. The lowest BCUT2D eigenvalue weighted by atomic mass is 9.46. The van der Waals surface area contributed by atoms with Crippen LogP contribution in [0.25, 0.3) is 0 Å². The molecule has 1 saturated carbocycles. The zero-order valence-corrected chi connectivity index (χ0v) is 11.7. The lowest BCUT2D eigenvalue weighted by molar-refractivity contribution is -0.143. The highest BCUT2D eigenvalue weighted by Gasteiger charge is 2.56. The molecule has 0 heterocycles. The fraction of sp³-hybridized carbons (Fsp3) is 0.562. The Balaban J connectivity index is 2.26. The van der Waals surface area contributed by atoms with E-state index in [0.717, 1.165) is 12.8 Å². The van der Waals surface area contributed by atoms with Crippen LogP contribution in [0.15, 0.2) is 30.3 Å². The molecule has 0 saturated heterocycles. The highest BCUT2D eigenvalue weighted by molar-refractivity contribution is 5.68. The van der Waals surface area contributed by atoms with E-state index in [-0.39, 0.29) is 17.3 Å². The molecule has 0 unspecified atom stereocenters. The van der Waals surface area contributed by atoms with Crippen molar-refractivity contribution in [1.29, 1.82) is 0 Å². The maximum absolute atomic E-state index is 11.0. The van der Waals surface area contributed by atoms with Gasteiger partial charge < -0.3 is 10.8 Å². The molecule has 3 N–H and O–H groups in total. The topological polar surface area (TPSA) is 63.3 Å². The first-order valence-electron chi connectivity index (χ1n) is 6.91. The van der Waals surface area contributed by atoms with Crippen molar-refractivity contribution in [1.82, 2.24) is 0 Å². The lowest BCUT2D eigenvalue weighted by Gasteiger charge is -2.58. The summed E-state index contributed by atoms with van der Waals surface area (Å²) in [5, 5.41) is 9.07. The molecule has 3 nitrogen and oxygen atoms in total. The normalized spacial score (nSPS) is 30.1. The van der Waals surface area contributed by atoms with Gasteiger partial charge in [-0.3, -0.25) is 4.79 Å². The van der Waals surface area contributed by atoms with Gasteiger partial charge in [0, 0.05) is 0 Å². The minimum atomic E-state index is -0.740. The van der Waals surface area contributed by atoms with Crippen LogP contribution in [0.5, 0.6) is 0 Å². The van der Waals surface area contributed by atoms with Crippen molar-refractivity contribution in [2.75, 3.05) is 6.54 Å². The maximum Gasteiger partial charge on any atom is 0.303 e. The molecule has 1 aromatic carbocycles. The molecule has 1 aliphatic carbocycles. The van der Waals surface area contributed by atoms with Gasteiger partial charge in [-0.1, -0.05) is 44.2 Å². The predicted octanol–water partition coefficient (Wildman–Crippen LogP) is 2.79. The van der Waals surface area contributed by atoms with Crippen molar-refractivity contribution >= 4 is 5.97 Å². The Morgan fingerprint density at radius 3 is 2.32 bits per heavy atom. The first-order chi connectivity index (χ1) is 8.94. The molecule has 1 aromatic rings. The third kappa shape index (κ3) is 2.39. The minimum Gasteiger partial charge on any atom is -0.481 e. The smallest absolute Gasteiger partial charge is 0.303 e. The van der Waals surface area contributed by atoms with E-state index in [1.165, 1.54) is 5.56 Å². The van der Waals surface area contributed by atoms with Crippen LogP contribution in [0.3, 0.4) is 0 Å². The molecule has 2 rings (SSSR count). The molecule has 0 bridgehead atoms. The molecule has 0 aromatic heterocycles. The van der Waals surface area contributed by atoms with Crippen molar-refractivity contribution in [3.8, 4) is 0 Å². The number of aliphatic carboxylic acids is 1. The van der Waals surface area contributed by atoms with Gasteiger partial charge >= 0.3 is 5.97 Å². The first kappa shape index (κ1) is 14.1. The van der Waals surface area contributed by atoms with Gasteiger partial charge in [-0.15, -0.1) is 0 Å². The number of benzene rings is 1. The molecule has 0 atom stereocenters. The van der Waals surface area contributed by atoms with Gasteiger partial charge in [-0.25, -0.2) is 0 Å². The molecule has 0 spiro atoms. The first-order valence-corrected chi connectivity index (χ1v) is 6.91. The number of hydrogen-bond acceptors (Lipinski definition) is 2.